The number of nitrogens with one attached hydrogen (secondary N) is 2. The molecular weight excluding hydrogens is 258 g/mol. The second-order valence-corrected chi connectivity index (χ2v) is 6.98. The highest BCUT2D eigenvalue weighted by Gasteiger charge is 2.49. The summed E-state index contributed by atoms with van der Waals surface area (Å²) in [5.41, 5.74) is -0.291. The lowest BCUT2D eigenvalue weighted by molar-refractivity contribution is 0.0455. The van der Waals surface area contributed by atoms with Crippen LogP contribution in [-0.2, 0) is 4.74 Å². The minimum Gasteiger partial charge on any atom is -0.444 e. The molecule has 2 aliphatic rings. The molecule has 6 nitrogen and oxygen atoms in total. The molecule has 0 radical (unpaired) electrons. The molecule has 1 spiro atoms. The van der Waals surface area contributed by atoms with E-state index in [1.165, 1.54) is 0 Å². The van der Waals surface area contributed by atoms with Crippen LogP contribution >= 0.6 is 0 Å². The van der Waals surface area contributed by atoms with Crippen LogP contribution in [0.2, 0.25) is 0 Å². The van der Waals surface area contributed by atoms with Crippen molar-refractivity contribution in [1.29, 1.82) is 0 Å². The Kier molecular flexibility index (Phi) is 3.84. The van der Waals surface area contributed by atoms with E-state index < -0.39 is 11.7 Å². The number of ether oxygens (including phenoxy) is 1. The summed E-state index contributed by atoms with van der Waals surface area (Å²) in [7, 11) is 1.63. The standard InChI is InChI=1S/C14H25N3O3/c1-13(2,3)20-12(19)16-10-7-14(5-6-14)9-17(8-10)11(18)15-4/h10H,5-9H2,1-4H3,(H,15,18)(H,16,19)/t10-/m1/s1. The topological polar surface area (TPSA) is 70.7 Å². The molecule has 1 saturated heterocycles. The van der Waals surface area contributed by atoms with Crippen molar-refractivity contribution >= 4 is 12.1 Å². The molecule has 0 unspecified atom stereocenters. The van der Waals surface area contributed by atoms with Crippen molar-refractivity contribution in [2.24, 2.45) is 5.41 Å². The van der Waals surface area contributed by atoms with Gasteiger partial charge < -0.3 is 20.3 Å². The molecule has 114 valence electrons. The zero-order valence-electron chi connectivity index (χ0n) is 12.8. The molecule has 2 rings (SSSR count). The average molecular weight is 283 g/mol. The Bertz CT molecular complexity index is 399. The molecule has 1 saturated carbocycles. The summed E-state index contributed by atoms with van der Waals surface area (Å²) in [4.78, 5) is 25.5. The minimum absolute atomic E-state index is 0.0293. The highest BCUT2D eigenvalue weighted by atomic mass is 16.6. The fraction of sp³-hybridized carbons (Fsp3) is 0.857. The van der Waals surface area contributed by atoms with Gasteiger partial charge in [-0.15, -0.1) is 0 Å². The van der Waals surface area contributed by atoms with E-state index in [1.54, 1.807) is 11.9 Å². The van der Waals surface area contributed by atoms with Gasteiger partial charge in [0.1, 0.15) is 5.60 Å². The summed E-state index contributed by atoms with van der Waals surface area (Å²) in [6, 6.07) is -0.106. The van der Waals surface area contributed by atoms with Crippen LogP contribution in [-0.4, -0.2) is 48.8 Å². The number of piperidine rings is 1. The first kappa shape index (κ1) is 14.9. The number of hydrogen-bond acceptors (Lipinski definition) is 3. The van der Waals surface area contributed by atoms with E-state index in [0.29, 0.717) is 6.54 Å². The second kappa shape index (κ2) is 5.14. The molecule has 20 heavy (non-hydrogen) atoms. The van der Waals surface area contributed by atoms with Gasteiger partial charge in [0, 0.05) is 20.1 Å². The number of carbonyl (C=O) groups is 2. The highest BCUT2D eigenvalue weighted by Crippen LogP contribution is 2.52. The number of rotatable bonds is 1. The van der Waals surface area contributed by atoms with E-state index in [0.717, 1.165) is 25.8 Å². The lowest BCUT2D eigenvalue weighted by atomic mass is 9.91. The van der Waals surface area contributed by atoms with Crippen molar-refractivity contribution in [2.45, 2.75) is 51.7 Å². The van der Waals surface area contributed by atoms with Gasteiger partial charge in [0.25, 0.3) is 0 Å². The summed E-state index contributed by atoms with van der Waals surface area (Å²) in [5.74, 6) is 0. The van der Waals surface area contributed by atoms with Crippen LogP contribution in [0.5, 0.6) is 0 Å². The quantitative estimate of drug-likeness (QED) is 0.769. The van der Waals surface area contributed by atoms with Crippen molar-refractivity contribution in [3.8, 4) is 0 Å². The van der Waals surface area contributed by atoms with E-state index in [2.05, 4.69) is 10.6 Å². The Hall–Kier alpha value is -1.46. The van der Waals surface area contributed by atoms with Crippen LogP contribution in [0.1, 0.15) is 40.0 Å². The summed E-state index contributed by atoms with van der Waals surface area (Å²) >= 11 is 0. The smallest absolute Gasteiger partial charge is 0.407 e. The molecule has 1 aliphatic carbocycles. The van der Waals surface area contributed by atoms with Crippen molar-refractivity contribution < 1.29 is 14.3 Å². The summed E-state index contributed by atoms with van der Waals surface area (Å²) < 4.78 is 5.28. The van der Waals surface area contributed by atoms with E-state index in [1.807, 2.05) is 20.8 Å². The number of hydrogen-bond donors (Lipinski definition) is 2. The molecule has 2 fully saturated rings. The summed E-state index contributed by atoms with van der Waals surface area (Å²) in [6.45, 7) is 6.85. The van der Waals surface area contributed by atoms with Crippen LogP contribution in [0.3, 0.4) is 0 Å². The lowest BCUT2D eigenvalue weighted by Crippen LogP contribution is -2.55. The van der Waals surface area contributed by atoms with Crippen molar-refractivity contribution in [3.05, 3.63) is 0 Å². The SMILES string of the molecule is CNC(=O)N1C[C@H](NC(=O)OC(C)(C)C)CC2(CC2)C1. The Labute approximate surface area is 120 Å². The first-order valence-electron chi connectivity index (χ1n) is 7.19. The van der Waals surface area contributed by atoms with Crippen molar-refractivity contribution in [1.82, 2.24) is 15.5 Å². The largest absolute Gasteiger partial charge is 0.444 e. The van der Waals surface area contributed by atoms with Crippen LogP contribution < -0.4 is 10.6 Å². The first-order chi connectivity index (χ1) is 9.23. The fourth-order valence-corrected chi connectivity index (χ4v) is 2.81. The Morgan fingerprint density at radius 3 is 2.45 bits per heavy atom. The monoisotopic (exact) mass is 283 g/mol. The number of likely N-dealkylation sites (tertiary alicyclic amines) is 1. The molecule has 2 N–H and O–H groups in total. The van der Waals surface area contributed by atoms with Gasteiger partial charge in [0.2, 0.25) is 0 Å². The normalized spacial score (nSPS) is 24.2. The Morgan fingerprint density at radius 2 is 1.95 bits per heavy atom. The van der Waals surface area contributed by atoms with Gasteiger partial charge in [-0.05, 0) is 45.4 Å². The van der Waals surface area contributed by atoms with Gasteiger partial charge in [0.15, 0.2) is 0 Å². The molecule has 0 aromatic carbocycles. The van der Waals surface area contributed by atoms with E-state index in [-0.39, 0.29) is 17.5 Å². The van der Waals surface area contributed by atoms with Crippen molar-refractivity contribution in [2.75, 3.05) is 20.1 Å². The van der Waals surface area contributed by atoms with Gasteiger partial charge >= 0.3 is 12.1 Å². The molecule has 6 heteroatoms. The third kappa shape index (κ3) is 3.77. The molecule has 1 aliphatic heterocycles. The summed E-state index contributed by atoms with van der Waals surface area (Å²) in [5, 5.41) is 5.55. The van der Waals surface area contributed by atoms with Gasteiger partial charge in [-0.25, -0.2) is 9.59 Å². The number of carbonyl (C=O) groups excluding carboxylic acids is 2. The van der Waals surface area contributed by atoms with Crippen LogP contribution in [0.25, 0.3) is 0 Å². The predicted molar refractivity (Wildman–Crippen MR) is 75.5 cm³/mol. The van der Waals surface area contributed by atoms with E-state index >= 15 is 0 Å². The minimum atomic E-state index is -0.503. The van der Waals surface area contributed by atoms with Crippen LogP contribution in [0, 0.1) is 5.41 Å². The van der Waals surface area contributed by atoms with Gasteiger partial charge in [0.05, 0.1) is 6.04 Å². The lowest BCUT2D eigenvalue weighted by Gasteiger charge is -2.38. The molecule has 3 amide bonds. The third-order valence-electron chi connectivity index (χ3n) is 3.83. The van der Waals surface area contributed by atoms with Gasteiger partial charge in [-0.3, -0.25) is 0 Å². The number of nitrogens with zero attached hydrogens (tertiary/aromatic N) is 1. The van der Waals surface area contributed by atoms with E-state index in [4.69, 9.17) is 4.74 Å². The molecule has 1 heterocycles. The van der Waals surface area contributed by atoms with Crippen LogP contribution in [0.4, 0.5) is 9.59 Å². The van der Waals surface area contributed by atoms with E-state index in [9.17, 15) is 9.59 Å². The molecule has 1 atom stereocenters. The maximum Gasteiger partial charge on any atom is 0.407 e. The molecular formula is C14H25N3O3. The second-order valence-electron chi connectivity index (χ2n) is 6.98. The third-order valence-corrected chi connectivity index (χ3v) is 3.83. The maximum absolute atomic E-state index is 11.9. The zero-order valence-corrected chi connectivity index (χ0v) is 12.8. The Morgan fingerprint density at radius 1 is 1.30 bits per heavy atom. The molecule has 0 aromatic heterocycles. The molecule has 0 bridgehead atoms. The first-order valence-corrected chi connectivity index (χ1v) is 7.19. The predicted octanol–water partition coefficient (Wildman–Crippen LogP) is 1.70. The number of amides is 3. The number of urea groups is 1. The van der Waals surface area contributed by atoms with Gasteiger partial charge in [-0.1, -0.05) is 0 Å². The highest BCUT2D eigenvalue weighted by molar-refractivity contribution is 5.74. The maximum atomic E-state index is 11.9. The number of alkyl carbamates (subject to hydrolysis) is 1. The fourth-order valence-electron chi connectivity index (χ4n) is 2.81. The molecule has 0 aromatic rings. The van der Waals surface area contributed by atoms with Gasteiger partial charge in [-0.2, -0.15) is 0 Å². The average Bonchev–Trinajstić information content (AvgIpc) is 3.03. The summed E-state index contributed by atoms with van der Waals surface area (Å²) in [6.07, 6.45) is 2.79. The van der Waals surface area contributed by atoms with Crippen LogP contribution in [0.15, 0.2) is 0 Å². The zero-order chi connectivity index (χ0) is 15.0. The Balaban J connectivity index is 1.94. The van der Waals surface area contributed by atoms with Crippen molar-refractivity contribution in [3.63, 3.8) is 0 Å².